The maximum atomic E-state index is 10.2. The molecule has 0 aliphatic heterocycles. The summed E-state index contributed by atoms with van der Waals surface area (Å²) in [6.07, 6.45) is 5.93. The van der Waals surface area contributed by atoms with Crippen LogP contribution in [0.2, 0.25) is 0 Å². The summed E-state index contributed by atoms with van der Waals surface area (Å²) >= 11 is 1.27. The van der Waals surface area contributed by atoms with Crippen LogP contribution in [-0.2, 0) is 0 Å². The highest BCUT2D eigenvalue weighted by Gasteiger charge is 2.01. The molecule has 0 spiro atoms. The zero-order valence-corrected chi connectivity index (χ0v) is 8.32. The first-order valence-electron chi connectivity index (χ1n) is 3.78. The van der Waals surface area contributed by atoms with Crippen LogP contribution < -0.4 is 5.32 Å². The Hall–Kier alpha value is -1.56. The highest BCUT2D eigenvalue weighted by Crippen LogP contribution is 2.15. The molecule has 0 amide bonds. The zero-order valence-electron chi connectivity index (χ0n) is 7.51. The summed E-state index contributed by atoms with van der Waals surface area (Å²) in [5.41, 5.74) is 0.731. The van der Waals surface area contributed by atoms with E-state index in [0.29, 0.717) is 5.03 Å². The average molecular weight is 211 g/mol. The summed E-state index contributed by atoms with van der Waals surface area (Å²) in [6, 6.07) is 3.55. The Morgan fingerprint density at radius 3 is 3.07 bits per heavy atom. The van der Waals surface area contributed by atoms with Crippen LogP contribution in [0.1, 0.15) is 0 Å². The van der Waals surface area contributed by atoms with E-state index in [1.165, 1.54) is 11.8 Å². The summed E-state index contributed by atoms with van der Waals surface area (Å²) in [7, 11) is 0. The van der Waals surface area contributed by atoms with Crippen molar-refractivity contribution in [3.63, 3.8) is 0 Å². The van der Waals surface area contributed by atoms with Gasteiger partial charge in [-0.25, -0.2) is 0 Å². The number of thioether (sulfide) groups is 1. The molecule has 6 heteroatoms. The van der Waals surface area contributed by atoms with Gasteiger partial charge in [-0.15, -0.1) is 11.8 Å². The first-order chi connectivity index (χ1) is 6.72. The van der Waals surface area contributed by atoms with E-state index in [2.05, 4.69) is 10.3 Å². The molecule has 0 atom stereocenters. The molecule has 0 unspecified atom stereocenters. The Balaban J connectivity index is 2.71. The predicted octanol–water partition coefficient (Wildman–Crippen LogP) is 1.93. The molecule has 1 aromatic rings. The van der Waals surface area contributed by atoms with E-state index < -0.39 is 4.92 Å². The van der Waals surface area contributed by atoms with Gasteiger partial charge in [0.15, 0.2) is 0 Å². The van der Waals surface area contributed by atoms with E-state index in [-0.39, 0.29) is 0 Å². The van der Waals surface area contributed by atoms with Crippen LogP contribution in [0.15, 0.2) is 35.8 Å². The fraction of sp³-hybridized carbons (Fsp3) is 0.125. The molecule has 1 heterocycles. The Morgan fingerprint density at radius 1 is 1.79 bits per heavy atom. The van der Waals surface area contributed by atoms with E-state index >= 15 is 0 Å². The van der Waals surface area contributed by atoms with Crippen LogP contribution in [0.3, 0.4) is 0 Å². The third-order valence-corrected chi connectivity index (χ3v) is 2.02. The molecule has 0 aliphatic carbocycles. The van der Waals surface area contributed by atoms with Gasteiger partial charge in [0.2, 0.25) is 0 Å². The van der Waals surface area contributed by atoms with Gasteiger partial charge in [-0.05, 0) is 18.4 Å². The molecule has 0 aliphatic rings. The van der Waals surface area contributed by atoms with Crippen LogP contribution in [0, 0.1) is 10.1 Å². The van der Waals surface area contributed by atoms with Gasteiger partial charge in [0.25, 0.3) is 6.20 Å². The number of pyridine rings is 1. The first-order valence-corrected chi connectivity index (χ1v) is 5.01. The molecule has 1 N–H and O–H groups in total. The molecule has 0 saturated carbocycles. The van der Waals surface area contributed by atoms with Crippen LogP contribution >= 0.6 is 11.8 Å². The maximum absolute atomic E-state index is 10.2. The van der Waals surface area contributed by atoms with Crippen molar-refractivity contribution in [3.8, 4) is 0 Å². The fourth-order valence-electron chi connectivity index (χ4n) is 0.811. The third kappa shape index (κ3) is 3.44. The highest BCUT2D eigenvalue weighted by molar-refractivity contribution is 8.02. The number of anilines is 1. The number of nitro groups is 1. The quantitative estimate of drug-likeness (QED) is 0.608. The number of hydrogen-bond donors (Lipinski definition) is 1. The summed E-state index contributed by atoms with van der Waals surface area (Å²) in [5, 5.41) is 13.6. The zero-order chi connectivity index (χ0) is 10.4. The predicted molar refractivity (Wildman–Crippen MR) is 56.5 cm³/mol. The third-order valence-electron chi connectivity index (χ3n) is 1.37. The van der Waals surface area contributed by atoms with Crippen LogP contribution in [0.25, 0.3) is 0 Å². The molecular weight excluding hydrogens is 202 g/mol. The first kappa shape index (κ1) is 10.5. The molecule has 0 radical (unpaired) electrons. The lowest BCUT2D eigenvalue weighted by molar-refractivity contribution is -0.402. The minimum Gasteiger partial charge on any atom is -0.344 e. The van der Waals surface area contributed by atoms with Crippen molar-refractivity contribution in [1.82, 2.24) is 4.98 Å². The van der Waals surface area contributed by atoms with Crippen molar-refractivity contribution in [2.75, 3.05) is 11.6 Å². The van der Waals surface area contributed by atoms with Crippen molar-refractivity contribution in [2.24, 2.45) is 0 Å². The van der Waals surface area contributed by atoms with E-state index in [1.54, 1.807) is 30.8 Å². The lowest BCUT2D eigenvalue weighted by Crippen LogP contribution is -1.99. The van der Waals surface area contributed by atoms with Crippen LogP contribution in [-0.4, -0.2) is 16.2 Å². The van der Waals surface area contributed by atoms with Crippen molar-refractivity contribution in [1.29, 1.82) is 0 Å². The minimum atomic E-state index is -0.491. The van der Waals surface area contributed by atoms with Gasteiger partial charge >= 0.3 is 0 Å². The summed E-state index contributed by atoms with van der Waals surface area (Å²) < 4.78 is 0. The Labute approximate surface area is 85.4 Å². The van der Waals surface area contributed by atoms with E-state index in [0.717, 1.165) is 11.9 Å². The number of hydrogen-bond acceptors (Lipinski definition) is 5. The summed E-state index contributed by atoms with van der Waals surface area (Å²) in [6.45, 7) is 0. The van der Waals surface area contributed by atoms with E-state index in [1.807, 2.05) is 0 Å². The van der Waals surface area contributed by atoms with Crippen molar-refractivity contribution < 1.29 is 4.92 Å². The van der Waals surface area contributed by atoms with Crippen LogP contribution in [0.5, 0.6) is 0 Å². The molecule has 0 saturated heterocycles. The molecule has 74 valence electrons. The molecule has 14 heavy (non-hydrogen) atoms. The van der Waals surface area contributed by atoms with Gasteiger partial charge in [0.1, 0.15) is 5.03 Å². The van der Waals surface area contributed by atoms with Gasteiger partial charge in [0.05, 0.1) is 16.8 Å². The molecule has 1 aromatic heterocycles. The van der Waals surface area contributed by atoms with Gasteiger partial charge in [-0.1, -0.05) is 0 Å². The summed E-state index contributed by atoms with van der Waals surface area (Å²) in [5.74, 6) is 0. The lowest BCUT2D eigenvalue weighted by Gasteiger charge is -2.04. The van der Waals surface area contributed by atoms with Crippen LogP contribution in [0.4, 0.5) is 5.69 Å². The lowest BCUT2D eigenvalue weighted by atomic mass is 10.4. The number of aromatic nitrogens is 1. The Bertz CT molecular complexity index is 340. The van der Waals surface area contributed by atoms with E-state index in [9.17, 15) is 10.1 Å². The molecule has 0 bridgehead atoms. The largest absolute Gasteiger partial charge is 0.344 e. The van der Waals surface area contributed by atoms with Gasteiger partial charge < -0.3 is 5.32 Å². The second-order valence-electron chi connectivity index (χ2n) is 2.35. The fourth-order valence-corrected chi connectivity index (χ4v) is 1.22. The smallest absolute Gasteiger partial charge is 0.264 e. The average Bonchev–Trinajstić information content (AvgIpc) is 2.17. The molecule has 0 fully saturated rings. The topological polar surface area (TPSA) is 68.1 Å². The molecular formula is C8H9N3O2S. The summed E-state index contributed by atoms with van der Waals surface area (Å²) in [4.78, 5) is 13.6. The molecule has 1 rings (SSSR count). The Kier molecular flexibility index (Phi) is 3.93. The maximum Gasteiger partial charge on any atom is 0.264 e. The van der Waals surface area contributed by atoms with Gasteiger partial charge in [-0.2, -0.15) is 0 Å². The second-order valence-corrected chi connectivity index (χ2v) is 3.20. The minimum absolute atomic E-state index is 0.475. The SMILES string of the molecule is CS/C(=C/[N+](=O)[O-])Nc1cccnc1. The van der Waals surface area contributed by atoms with Crippen molar-refractivity contribution >= 4 is 17.4 Å². The van der Waals surface area contributed by atoms with E-state index in [4.69, 9.17) is 0 Å². The standard InChI is InChI=1S/C8H9N3O2S/c1-14-8(6-11(12)13)10-7-3-2-4-9-5-7/h2-6,10H,1H3/b8-6+. The Morgan fingerprint density at radius 2 is 2.57 bits per heavy atom. The van der Waals surface area contributed by atoms with Crippen molar-refractivity contribution in [2.45, 2.75) is 0 Å². The normalized spacial score (nSPS) is 11.1. The van der Waals surface area contributed by atoms with Gasteiger partial charge in [0, 0.05) is 6.20 Å². The van der Waals surface area contributed by atoms with Crippen molar-refractivity contribution in [3.05, 3.63) is 45.9 Å². The highest BCUT2D eigenvalue weighted by atomic mass is 32.2. The number of nitrogens with one attached hydrogen (secondary N) is 1. The number of nitrogens with zero attached hydrogens (tertiary/aromatic N) is 2. The molecule has 5 nitrogen and oxygen atoms in total. The number of rotatable bonds is 4. The monoisotopic (exact) mass is 211 g/mol. The molecule has 0 aromatic carbocycles. The van der Waals surface area contributed by atoms with Gasteiger partial charge in [-0.3, -0.25) is 15.1 Å². The second kappa shape index (κ2) is 5.23.